The monoisotopic (exact) mass is 482 g/mol. The van der Waals surface area contributed by atoms with Gasteiger partial charge in [-0.05, 0) is 44.6 Å². The Morgan fingerprint density at radius 2 is 1.91 bits per heavy atom. The van der Waals surface area contributed by atoms with Gasteiger partial charge in [0.15, 0.2) is 17.6 Å². The Balaban J connectivity index is 1.30. The van der Waals surface area contributed by atoms with Gasteiger partial charge in [0, 0.05) is 10.8 Å². The van der Waals surface area contributed by atoms with E-state index in [0.29, 0.717) is 21.7 Å². The maximum absolute atomic E-state index is 13.2. The number of anilines is 2. The SMILES string of the molecule is C[C@@H](OC(=O)c1c(NC(=O)C2CCCCC2)sc2c1CCC2)C(=O)Nc1ncnc2nc[nH]c12. The molecule has 2 aliphatic carbocycles. The first-order valence-electron chi connectivity index (χ1n) is 11.6. The van der Waals surface area contributed by atoms with Crippen molar-refractivity contribution in [1.29, 1.82) is 0 Å². The van der Waals surface area contributed by atoms with E-state index in [1.54, 1.807) is 0 Å². The Kier molecular flexibility index (Phi) is 6.27. The second-order valence-corrected chi connectivity index (χ2v) is 9.85. The second kappa shape index (κ2) is 9.49. The van der Waals surface area contributed by atoms with Gasteiger partial charge in [-0.25, -0.2) is 19.7 Å². The lowest BCUT2D eigenvalue weighted by Crippen LogP contribution is -2.31. The third-order valence-electron chi connectivity index (χ3n) is 6.46. The average molecular weight is 483 g/mol. The van der Waals surface area contributed by atoms with E-state index in [-0.39, 0.29) is 17.6 Å². The molecule has 3 heterocycles. The molecule has 1 saturated carbocycles. The quantitative estimate of drug-likeness (QED) is 0.456. The van der Waals surface area contributed by atoms with Crippen molar-refractivity contribution >= 4 is 51.1 Å². The zero-order chi connectivity index (χ0) is 23.7. The van der Waals surface area contributed by atoms with Crippen molar-refractivity contribution in [2.75, 3.05) is 10.6 Å². The fourth-order valence-corrected chi connectivity index (χ4v) is 5.92. The Morgan fingerprint density at radius 1 is 1.09 bits per heavy atom. The molecule has 2 amide bonds. The van der Waals surface area contributed by atoms with Crippen LogP contribution in [0.3, 0.4) is 0 Å². The molecule has 0 bridgehead atoms. The molecule has 3 aromatic heterocycles. The highest BCUT2D eigenvalue weighted by atomic mass is 32.1. The van der Waals surface area contributed by atoms with Gasteiger partial charge in [-0.3, -0.25) is 9.59 Å². The van der Waals surface area contributed by atoms with E-state index < -0.39 is 18.0 Å². The zero-order valence-corrected chi connectivity index (χ0v) is 19.7. The number of carbonyl (C=O) groups excluding carboxylic acids is 3. The molecule has 0 unspecified atom stereocenters. The minimum atomic E-state index is -1.07. The summed E-state index contributed by atoms with van der Waals surface area (Å²) in [4.78, 5) is 54.9. The molecule has 10 nitrogen and oxygen atoms in total. The molecule has 0 aliphatic heterocycles. The van der Waals surface area contributed by atoms with Crippen molar-refractivity contribution in [3.8, 4) is 0 Å². The molecule has 2 aliphatic rings. The Hall–Kier alpha value is -3.34. The van der Waals surface area contributed by atoms with E-state index >= 15 is 0 Å². The van der Waals surface area contributed by atoms with Crippen LogP contribution in [0.5, 0.6) is 0 Å². The lowest BCUT2D eigenvalue weighted by molar-refractivity contribution is -0.124. The average Bonchev–Trinajstić information content (AvgIpc) is 3.56. The van der Waals surface area contributed by atoms with Crippen molar-refractivity contribution in [2.45, 2.75) is 64.4 Å². The molecule has 0 aromatic carbocycles. The summed E-state index contributed by atoms with van der Waals surface area (Å²) >= 11 is 1.45. The Labute approximate surface area is 199 Å². The number of imidazole rings is 1. The second-order valence-electron chi connectivity index (χ2n) is 8.75. The number of fused-ring (bicyclic) bond motifs is 2. The summed E-state index contributed by atoms with van der Waals surface area (Å²) in [5.74, 6) is -0.927. The van der Waals surface area contributed by atoms with Gasteiger partial charge in [0.1, 0.15) is 16.8 Å². The van der Waals surface area contributed by atoms with E-state index in [2.05, 4.69) is 30.6 Å². The number of aryl methyl sites for hydroxylation is 1. The van der Waals surface area contributed by atoms with E-state index in [1.165, 1.54) is 30.9 Å². The van der Waals surface area contributed by atoms with Crippen LogP contribution in [0.2, 0.25) is 0 Å². The van der Waals surface area contributed by atoms with Crippen LogP contribution in [0.1, 0.15) is 66.2 Å². The number of hydrogen-bond donors (Lipinski definition) is 3. The zero-order valence-electron chi connectivity index (χ0n) is 18.8. The number of thiophene rings is 1. The predicted molar refractivity (Wildman–Crippen MR) is 127 cm³/mol. The largest absolute Gasteiger partial charge is 0.449 e. The van der Waals surface area contributed by atoms with Crippen molar-refractivity contribution in [3.05, 3.63) is 28.7 Å². The minimum absolute atomic E-state index is 0.0218. The lowest BCUT2D eigenvalue weighted by atomic mass is 9.89. The molecule has 11 heteroatoms. The molecule has 1 fully saturated rings. The molecule has 0 saturated heterocycles. The van der Waals surface area contributed by atoms with Crippen LogP contribution in [0.15, 0.2) is 12.7 Å². The summed E-state index contributed by atoms with van der Waals surface area (Å²) in [6, 6.07) is 0. The number of ether oxygens (including phenoxy) is 1. The first-order valence-corrected chi connectivity index (χ1v) is 12.4. The summed E-state index contributed by atoms with van der Waals surface area (Å²) in [7, 11) is 0. The van der Waals surface area contributed by atoms with Crippen LogP contribution < -0.4 is 10.6 Å². The normalized spacial score (nSPS) is 16.7. The summed E-state index contributed by atoms with van der Waals surface area (Å²) in [6.07, 6.45) is 9.30. The van der Waals surface area contributed by atoms with Gasteiger partial charge in [0.2, 0.25) is 5.91 Å². The van der Waals surface area contributed by atoms with Crippen molar-refractivity contribution < 1.29 is 19.1 Å². The van der Waals surface area contributed by atoms with Crippen molar-refractivity contribution in [3.63, 3.8) is 0 Å². The summed E-state index contributed by atoms with van der Waals surface area (Å²) in [5.41, 5.74) is 2.22. The molecular weight excluding hydrogens is 456 g/mol. The van der Waals surface area contributed by atoms with E-state index in [1.807, 2.05) is 0 Å². The smallest absolute Gasteiger partial charge is 0.342 e. The molecule has 0 radical (unpaired) electrons. The number of amides is 2. The van der Waals surface area contributed by atoms with Gasteiger partial charge in [0.05, 0.1) is 11.9 Å². The number of hydrogen-bond acceptors (Lipinski definition) is 8. The van der Waals surface area contributed by atoms with Crippen molar-refractivity contribution in [2.24, 2.45) is 5.92 Å². The number of nitrogens with one attached hydrogen (secondary N) is 3. The standard InChI is InChI=1S/C23H26N6O4S/c1-12(20(30)28-19-17-18(25-10-24-17)26-11-27-19)33-23(32)16-14-8-5-9-15(14)34-22(16)29-21(31)13-6-3-2-4-7-13/h10-13H,2-9H2,1H3,(H,29,31)(H2,24,25,26,27,28,30)/t12-/m1/s1. The molecule has 3 aromatic rings. The van der Waals surface area contributed by atoms with Gasteiger partial charge in [-0.2, -0.15) is 0 Å². The van der Waals surface area contributed by atoms with Crippen LogP contribution in [0.4, 0.5) is 10.8 Å². The number of H-pyrrole nitrogens is 1. The molecular formula is C23H26N6O4S. The van der Waals surface area contributed by atoms with Gasteiger partial charge >= 0.3 is 5.97 Å². The van der Waals surface area contributed by atoms with Gasteiger partial charge in [-0.15, -0.1) is 11.3 Å². The molecule has 1 atom stereocenters. The van der Waals surface area contributed by atoms with E-state index in [0.717, 1.165) is 61.8 Å². The molecule has 5 rings (SSSR count). The number of aromatic amines is 1. The first kappa shape index (κ1) is 22.5. The Bertz CT molecular complexity index is 1250. The number of esters is 1. The number of carbonyl (C=O) groups is 3. The molecule has 3 N–H and O–H groups in total. The van der Waals surface area contributed by atoms with E-state index in [9.17, 15) is 14.4 Å². The number of aromatic nitrogens is 4. The van der Waals surface area contributed by atoms with Crippen LogP contribution in [-0.4, -0.2) is 43.8 Å². The summed E-state index contributed by atoms with van der Waals surface area (Å²) in [6.45, 7) is 1.51. The van der Waals surface area contributed by atoms with Crippen LogP contribution in [-0.2, 0) is 27.2 Å². The highest BCUT2D eigenvalue weighted by Gasteiger charge is 2.32. The topological polar surface area (TPSA) is 139 Å². The third-order valence-corrected chi connectivity index (χ3v) is 7.66. The lowest BCUT2D eigenvalue weighted by Gasteiger charge is -2.21. The number of nitrogens with zero attached hydrogens (tertiary/aromatic N) is 3. The van der Waals surface area contributed by atoms with Crippen molar-refractivity contribution in [1.82, 2.24) is 19.9 Å². The fourth-order valence-electron chi connectivity index (χ4n) is 4.64. The fraction of sp³-hybridized carbons (Fsp3) is 0.478. The van der Waals surface area contributed by atoms with Gasteiger partial charge < -0.3 is 20.4 Å². The predicted octanol–water partition coefficient (Wildman–Crippen LogP) is 3.61. The number of rotatable bonds is 6. The van der Waals surface area contributed by atoms with Gasteiger partial charge in [0.25, 0.3) is 5.91 Å². The third kappa shape index (κ3) is 4.39. The van der Waals surface area contributed by atoms with E-state index in [4.69, 9.17) is 4.74 Å². The highest BCUT2D eigenvalue weighted by molar-refractivity contribution is 7.17. The molecule has 0 spiro atoms. The Morgan fingerprint density at radius 3 is 2.74 bits per heavy atom. The maximum atomic E-state index is 13.2. The minimum Gasteiger partial charge on any atom is -0.449 e. The highest BCUT2D eigenvalue weighted by Crippen LogP contribution is 2.40. The first-order chi connectivity index (χ1) is 16.5. The molecule has 178 valence electrons. The van der Waals surface area contributed by atoms with Gasteiger partial charge in [-0.1, -0.05) is 19.3 Å². The molecule has 34 heavy (non-hydrogen) atoms. The maximum Gasteiger partial charge on any atom is 0.342 e. The van der Waals surface area contributed by atoms with Crippen LogP contribution >= 0.6 is 11.3 Å². The van der Waals surface area contributed by atoms with Crippen LogP contribution in [0.25, 0.3) is 11.2 Å². The summed E-state index contributed by atoms with van der Waals surface area (Å²) < 4.78 is 5.55. The van der Waals surface area contributed by atoms with Crippen LogP contribution in [0, 0.1) is 5.92 Å². The summed E-state index contributed by atoms with van der Waals surface area (Å²) in [5, 5.41) is 6.19.